The third kappa shape index (κ3) is 2.55. The van der Waals surface area contributed by atoms with Crippen LogP contribution in [0.4, 0.5) is 0 Å². The standard InChI is InChI=1S/C8H14N4O/c1-10-7(3-8(9)13)6-4-11-12(2)5-6/h4-5,7,10H,3H2,1-2H3,(H2,9,13). The molecule has 1 aromatic rings. The molecule has 1 atom stereocenters. The van der Waals surface area contributed by atoms with Gasteiger partial charge in [0.1, 0.15) is 0 Å². The van der Waals surface area contributed by atoms with Crippen molar-refractivity contribution in [1.29, 1.82) is 0 Å². The Kier molecular flexibility index (Phi) is 3.02. The normalized spacial score (nSPS) is 12.8. The minimum Gasteiger partial charge on any atom is -0.370 e. The molecule has 0 aliphatic rings. The number of amides is 1. The van der Waals surface area contributed by atoms with Crippen LogP contribution in [0.25, 0.3) is 0 Å². The van der Waals surface area contributed by atoms with Crippen molar-refractivity contribution in [3.8, 4) is 0 Å². The van der Waals surface area contributed by atoms with Crippen LogP contribution in [0.15, 0.2) is 12.4 Å². The zero-order valence-electron chi connectivity index (χ0n) is 7.82. The van der Waals surface area contributed by atoms with E-state index in [0.29, 0.717) is 6.42 Å². The van der Waals surface area contributed by atoms with Gasteiger partial charge in [0.15, 0.2) is 0 Å². The molecule has 5 nitrogen and oxygen atoms in total. The molecule has 1 rings (SSSR count). The van der Waals surface area contributed by atoms with E-state index in [2.05, 4.69) is 10.4 Å². The molecule has 0 aliphatic heterocycles. The molecule has 0 saturated carbocycles. The monoisotopic (exact) mass is 182 g/mol. The number of nitrogens with two attached hydrogens (primary N) is 1. The van der Waals surface area contributed by atoms with Crippen molar-refractivity contribution in [3.05, 3.63) is 18.0 Å². The van der Waals surface area contributed by atoms with Crippen LogP contribution >= 0.6 is 0 Å². The van der Waals surface area contributed by atoms with Crippen LogP contribution in [0.5, 0.6) is 0 Å². The van der Waals surface area contributed by atoms with Crippen LogP contribution < -0.4 is 11.1 Å². The molecule has 5 heteroatoms. The average Bonchev–Trinajstić information content (AvgIpc) is 2.47. The highest BCUT2D eigenvalue weighted by Crippen LogP contribution is 2.14. The van der Waals surface area contributed by atoms with Gasteiger partial charge in [-0.05, 0) is 7.05 Å². The Hall–Kier alpha value is -1.36. The van der Waals surface area contributed by atoms with E-state index in [-0.39, 0.29) is 11.9 Å². The van der Waals surface area contributed by atoms with Crippen molar-refractivity contribution in [2.24, 2.45) is 12.8 Å². The number of nitrogens with one attached hydrogen (secondary N) is 1. The number of carbonyl (C=O) groups is 1. The van der Waals surface area contributed by atoms with Crippen LogP contribution in [-0.2, 0) is 11.8 Å². The Labute approximate surface area is 76.9 Å². The number of carbonyl (C=O) groups excluding carboxylic acids is 1. The lowest BCUT2D eigenvalue weighted by molar-refractivity contribution is -0.118. The Morgan fingerprint density at radius 2 is 2.54 bits per heavy atom. The van der Waals surface area contributed by atoms with Gasteiger partial charge < -0.3 is 11.1 Å². The second kappa shape index (κ2) is 4.04. The minimum atomic E-state index is -0.316. The van der Waals surface area contributed by atoms with Gasteiger partial charge in [0, 0.05) is 31.3 Å². The molecule has 0 bridgehead atoms. The fraction of sp³-hybridized carbons (Fsp3) is 0.500. The molecule has 1 heterocycles. The van der Waals surface area contributed by atoms with Gasteiger partial charge in [0.25, 0.3) is 0 Å². The van der Waals surface area contributed by atoms with Crippen LogP contribution in [0.2, 0.25) is 0 Å². The Morgan fingerprint density at radius 1 is 1.85 bits per heavy atom. The fourth-order valence-electron chi connectivity index (χ4n) is 1.21. The van der Waals surface area contributed by atoms with Crippen molar-refractivity contribution in [2.75, 3.05) is 7.05 Å². The molecule has 0 radical (unpaired) electrons. The molecule has 1 aromatic heterocycles. The number of nitrogens with zero attached hydrogens (tertiary/aromatic N) is 2. The van der Waals surface area contributed by atoms with E-state index in [1.165, 1.54) is 0 Å². The van der Waals surface area contributed by atoms with Gasteiger partial charge in [-0.3, -0.25) is 9.48 Å². The lowest BCUT2D eigenvalue weighted by Gasteiger charge is -2.11. The van der Waals surface area contributed by atoms with Crippen molar-refractivity contribution in [3.63, 3.8) is 0 Å². The number of aryl methyl sites for hydroxylation is 1. The molecule has 72 valence electrons. The van der Waals surface area contributed by atoms with Crippen LogP contribution in [0, 0.1) is 0 Å². The highest BCUT2D eigenvalue weighted by molar-refractivity contribution is 5.74. The zero-order valence-corrected chi connectivity index (χ0v) is 7.82. The van der Waals surface area contributed by atoms with E-state index in [9.17, 15) is 4.79 Å². The van der Waals surface area contributed by atoms with Crippen molar-refractivity contribution >= 4 is 5.91 Å². The summed E-state index contributed by atoms with van der Waals surface area (Å²) in [5, 5.41) is 7.03. The highest BCUT2D eigenvalue weighted by atomic mass is 16.1. The third-order valence-corrected chi connectivity index (χ3v) is 1.88. The van der Waals surface area contributed by atoms with E-state index in [1.807, 2.05) is 13.2 Å². The first kappa shape index (κ1) is 9.73. The Bertz CT molecular complexity index is 294. The van der Waals surface area contributed by atoms with E-state index in [0.717, 1.165) is 5.56 Å². The number of hydrogen-bond donors (Lipinski definition) is 2. The maximum atomic E-state index is 10.7. The molecule has 0 aromatic carbocycles. The third-order valence-electron chi connectivity index (χ3n) is 1.88. The Balaban J connectivity index is 2.72. The summed E-state index contributed by atoms with van der Waals surface area (Å²) < 4.78 is 1.70. The zero-order chi connectivity index (χ0) is 9.84. The van der Waals surface area contributed by atoms with Crippen LogP contribution in [0.1, 0.15) is 18.0 Å². The number of aromatic nitrogens is 2. The highest BCUT2D eigenvalue weighted by Gasteiger charge is 2.13. The van der Waals surface area contributed by atoms with Crippen molar-refractivity contribution < 1.29 is 4.79 Å². The average molecular weight is 182 g/mol. The number of hydrogen-bond acceptors (Lipinski definition) is 3. The van der Waals surface area contributed by atoms with Gasteiger partial charge >= 0.3 is 0 Å². The quantitative estimate of drug-likeness (QED) is 0.662. The minimum absolute atomic E-state index is 0.0359. The predicted molar refractivity (Wildman–Crippen MR) is 48.8 cm³/mol. The second-order valence-corrected chi connectivity index (χ2v) is 2.96. The van der Waals surface area contributed by atoms with Crippen LogP contribution in [-0.4, -0.2) is 22.7 Å². The lowest BCUT2D eigenvalue weighted by Crippen LogP contribution is -2.23. The first-order valence-corrected chi connectivity index (χ1v) is 4.07. The second-order valence-electron chi connectivity index (χ2n) is 2.96. The predicted octanol–water partition coefficient (Wildman–Crippen LogP) is -0.444. The summed E-state index contributed by atoms with van der Waals surface area (Å²) in [4.78, 5) is 10.7. The smallest absolute Gasteiger partial charge is 0.219 e. The first-order valence-electron chi connectivity index (χ1n) is 4.07. The summed E-state index contributed by atoms with van der Waals surface area (Å²) in [5.74, 6) is -0.316. The van der Waals surface area contributed by atoms with Crippen LogP contribution in [0.3, 0.4) is 0 Å². The van der Waals surface area contributed by atoms with E-state index in [1.54, 1.807) is 17.9 Å². The maximum Gasteiger partial charge on any atom is 0.219 e. The van der Waals surface area contributed by atoms with Gasteiger partial charge in [-0.15, -0.1) is 0 Å². The SMILES string of the molecule is CNC(CC(N)=O)c1cnn(C)c1. The van der Waals surface area contributed by atoms with Gasteiger partial charge in [0.2, 0.25) is 5.91 Å². The molecule has 0 aliphatic carbocycles. The summed E-state index contributed by atoms with van der Waals surface area (Å²) >= 11 is 0. The lowest BCUT2D eigenvalue weighted by atomic mass is 10.1. The summed E-state index contributed by atoms with van der Waals surface area (Å²) in [5.41, 5.74) is 6.08. The number of primary amides is 1. The van der Waals surface area contributed by atoms with Gasteiger partial charge in [-0.1, -0.05) is 0 Å². The largest absolute Gasteiger partial charge is 0.370 e. The molecule has 1 amide bonds. The van der Waals surface area contributed by atoms with Gasteiger partial charge in [-0.25, -0.2) is 0 Å². The van der Waals surface area contributed by atoms with Crippen molar-refractivity contribution in [2.45, 2.75) is 12.5 Å². The van der Waals surface area contributed by atoms with E-state index >= 15 is 0 Å². The van der Waals surface area contributed by atoms with E-state index < -0.39 is 0 Å². The maximum absolute atomic E-state index is 10.7. The summed E-state index contributed by atoms with van der Waals surface area (Å²) in [6.45, 7) is 0. The molecule has 0 spiro atoms. The summed E-state index contributed by atoms with van der Waals surface area (Å²) in [6.07, 6.45) is 3.89. The molecule has 3 N–H and O–H groups in total. The van der Waals surface area contributed by atoms with Gasteiger partial charge in [0.05, 0.1) is 6.20 Å². The fourth-order valence-corrected chi connectivity index (χ4v) is 1.21. The molecule has 0 fully saturated rings. The Morgan fingerprint density at radius 3 is 2.92 bits per heavy atom. The van der Waals surface area contributed by atoms with Crippen molar-refractivity contribution in [1.82, 2.24) is 15.1 Å². The molecular weight excluding hydrogens is 168 g/mol. The summed E-state index contributed by atoms with van der Waals surface area (Å²) in [7, 11) is 3.63. The molecule has 13 heavy (non-hydrogen) atoms. The molecule has 0 saturated heterocycles. The first-order chi connectivity index (χ1) is 6.13. The summed E-state index contributed by atoms with van der Waals surface area (Å²) in [6, 6.07) is -0.0359. The van der Waals surface area contributed by atoms with Gasteiger partial charge in [-0.2, -0.15) is 5.10 Å². The molecular formula is C8H14N4O. The molecule has 1 unspecified atom stereocenters. The van der Waals surface area contributed by atoms with E-state index in [4.69, 9.17) is 5.73 Å². The topological polar surface area (TPSA) is 72.9 Å². The number of rotatable bonds is 4.